The zero-order chi connectivity index (χ0) is 16.7. The summed E-state index contributed by atoms with van der Waals surface area (Å²) in [6, 6.07) is 0. The quantitative estimate of drug-likeness (QED) is 0.341. The summed E-state index contributed by atoms with van der Waals surface area (Å²) in [6.07, 6.45) is -1.10. The normalized spacial score (nSPS) is 22.0. The van der Waals surface area contributed by atoms with Gasteiger partial charge in [-0.2, -0.15) is 0 Å². The number of hydrogen-bond acceptors (Lipinski definition) is 9. The van der Waals surface area contributed by atoms with Crippen molar-refractivity contribution in [2.75, 3.05) is 34.5 Å². The molecule has 128 valence electrons. The van der Waals surface area contributed by atoms with Gasteiger partial charge in [0.25, 0.3) is 0 Å². The molecule has 0 aromatic rings. The highest BCUT2D eigenvalue weighted by Gasteiger charge is 2.29. The van der Waals surface area contributed by atoms with Gasteiger partial charge in [-0.25, -0.2) is 13.7 Å². The third-order valence-electron chi connectivity index (χ3n) is 1.82. The van der Waals surface area contributed by atoms with Gasteiger partial charge in [-0.05, 0) is 0 Å². The summed E-state index contributed by atoms with van der Waals surface area (Å²) in [4.78, 5) is 0. The molecule has 0 fully saturated rings. The van der Waals surface area contributed by atoms with Crippen LogP contribution < -0.4 is 0 Å². The molecule has 0 aromatic heterocycles. The fraction of sp³-hybridized carbons (Fsp3) is 1.00. The molecule has 9 nitrogen and oxygen atoms in total. The van der Waals surface area contributed by atoms with Crippen LogP contribution in [0.5, 0.6) is 0 Å². The SMILES string of the molecule is COP(=O)(S)OCC(COP(=O)(S)OC)OP(=O)(S)OC. The Morgan fingerprint density at radius 3 is 1.38 bits per heavy atom. The van der Waals surface area contributed by atoms with Gasteiger partial charge in [0.05, 0.1) is 13.2 Å². The molecule has 0 aromatic carbocycles. The summed E-state index contributed by atoms with van der Waals surface area (Å²) in [5.74, 6) is 0. The van der Waals surface area contributed by atoms with Crippen molar-refractivity contribution in [3.63, 3.8) is 0 Å². The second-order valence-electron chi connectivity index (χ2n) is 3.27. The highest BCUT2D eigenvalue weighted by Crippen LogP contribution is 2.56. The highest BCUT2D eigenvalue weighted by molar-refractivity contribution is 8.45. The summed E-state index contributed by atoms with van der Waals surface area (Å²) in [5, 5.41) is 0. The standard InChI is InChI=1S/C6H17O9P3S3/c1-10-16(7,19)13-4-6(15-18(9,21)12-3)5-14-17(8,20)11-2/h6H,4-5H2,1-3H3,(H,7,19)(H,8,20)(H,9,21). The van der Waals surface area contributed by atoms with Gasteiger partial charge in [0.2, 0.25) is 0 Å². The molecule has 0 aliphatic carbocycles. The molecule has 3 unspecified atom stereocenters. The van der Waals surface area contributed by atoms with E-state index in [0.29, 0.717) is 0 Å². The van der Waals surface area contributed by atoms with Crippen molar-refractivity contribution < 1.29 is 40.8 Å². The summed E-state index contributed by atoms with van der Waals surface area (Å²) < 4.78 is 62.9. The van der Waals surface area contributed by atoms with Crippen molar-refractivity contribution >= 4 is 57.1 Å². The first-order chi connectivity index (χ1) is 9.47. The van der Waals surface area contributed by atoms with E-state index in [1.165, 1.54) is 0 Å². The molecular weight excluding hydrogens is 405 g/mol. The van der Waals surface area contributed by atoms with E-state index in [4.69, 9.17) is 13.6 Å². The average Bonchev–Trinajstić information content (AvgIpc) is 2.42. The van der Waals surface area contributed by atoms with Gasteiger partial charge in [-0.1, -0.05) is 36.7 Å². The second-order valence-corrected chi connectivity index (χ2v) is 12.3. The van der Waals surface area contributed by atoms with Gasteiger partial charge in [0.1, 0.15) is 6.10 Å². The first kappa shape index (κ1) is 22.5. The zero-order valence-electron chi connectivity index (χ0n) is 11.3. The smallest absolute Gasteiger partial charge is 0.304 e. The van der Waals surface area contributed by atoms with Crippen LogP contribution in [0.2, 0.25) is 0 Å². The molecule has 15 heteroatoms. The summed E-state index contributed by atoms with van der Waals surface area (Å²) in [7, 11) is 3.38. The molecule has 0 spiro atoms. The predicted molar refractivity (Wildman–Crippen MR) is 87.6 cm³/mol. The minimum Gasteiger partial charge on any atom is -0.304 e. The Morgan fingerprint density at radius 1 is 0.762 bits per heavy atom. The van der Waals surface area contributed by atoms with E-state index >= 15 is 0 Å². The second kappa shape index (κ2) is 9.71. The number of thiol groups is 3. The van der Waals surface area contributed by atoms with E-state index in [1.54, 1.807) is 0 Å². The molecule has 0 heterocycles. The van der Waals surface area contributed by atoms with Crippen LogP contribution in [0.15, 0.2) is 0 Å². The van der Waals surface area contributed by atoms with Crippen LogP contribution in [0.25, 0.3) is 0 Å². The van der Waals surface area contributed by atoms with Crippen molar-refractivity contribution in [1.82, 2.24) is 0 Å². The summed E-state index contributed by atoms with van der Waals surface area (Å²) in [6.45, 7) is -11.7. The zero-order valence-corrected chi connectivity index (χ0v) is 16.7. The third kappa shape index (κ3) is 10.8. The number of hydrogen-bond donors (Lipinski definition) is 3. The Bertz CT molecular complexity index is 432. The third-order valence-corrected chi connectivity index (χ3v) is 7.17. The lowest BCUT2D eigenvalue weighted by Crippen LogP contribution is -2.23. The summed E-state index contributed by atoms with van der Waals surface area (Å²) >= 11 is 10.9. The monoisotopic (exact) mass is 422 g/mol. The molecule has 0 rings (SSSR count). The average molecular weight is 422 g/mol. The molecule has 0 N–H and O–H groups in total. The molecule has 0 radical (unpaired) electrons. The van der Waals surface area contributed by atoms with Crippen molar-refractivity contribution in [3.8, 4) is 0 Å². The van der Waals surface area contributed by atoms with Crippen molar-refractivity contribution in [1.29, 1.82) is 0 Å². The molecule has 0 saturated heterocycles. The maximum atomic E-state index is 11.7. The molecular formula is C6H17O9P3S3. The Labute approximate surface area is 138 Å². The van der Waals surface area contributed by atoms with Crippen LogP contribution in [-0.2, 0) is 40.8 Å². The van der Waals surface area contributed by atoms with Crippen LogP contribution in [0, 0.1) is 0 Å². The van der Waals surface area contributed by atoms with Gasteiger partial charge in [-0.15, -0.1) is 0 Å². The molecule has 0 aliphatic rings. The highest BCUT2D eigenvalue weighted by atomic mass is 32.7. The van der Waals surface area contributed by atoms with E-state index in [-0.39, 0.29) is 0 Å². The summed E-state index contributed by atoms with van der Waals surface area (Å²) in [5.41, 5.74) is 0. The van der Waals surface area contributed by atoms with Gasteiger partial charge in [-0.3, -0.25) is 13.6 Å². The fourth-order valence-corrected chi connectivity index (χ4v) is 3.11. The maximum absolute atomic E-state index is 11.7. The molecule has 0 aliphatic heterocycles. The van der Waals surface area contributed by atoms with E-state index < -0.39 is 39.7 Å². The minimum absolute atomic E-state index is 0.403. The molecule has 3 atom stereocenters. The molecule has 0 amide bonds. The van der Waals surface area contributed by atoms with Crippen LogP contribution in [-0.4, -0.2) is 40.6 Å². The van der Waals surface area contributed by atoms with E-state index in [0.717, 1.165) is 21.3 Å². The van der Waals surface area contributed by atoms with Gasteiger partial charge in [0, 0.05) is 21.3 Å². The van der Waals surface area contributed by atoms with Gasteiger partial charge >= 0.3 is 20.4 Å². The minimum atomic E-state index is -3.69. The van der Waals surface area contributed by atoms with Crippen LogP contribution in [0.1, 0.15) is 0 Å². The Balaban J connectivity index is 4.74. The molecule has 21 heavy (non-hydrogen) atoms. The first-order valence-electron chi connectivity index (χ1n) is 5.10. The van der Waals surface area contributed by atoms with Gasteiger partial charge in [0.15, 0.2) is 0 Å². The van der Waals surface area contributed by atoms with Crippen LogP contribution in [0.3, 0.4) is 0 Å². The topological polar surface area (TPSA) is 107 Å². The van der Waals surface area contributed by atoms with Crippen LogP contribution >= 0.6 is 57.1 Å². The Kier molecular flexibility index (Phi) is 10.4. The van der Waals surface area contributed by atoms with E-state index in [9.17, 15) is 13.7 Å². The van der Waals surface area contributed by atoms with Gasteiger partial charge < -0.3 is 13.6 Å². The molecule has 0 bridgehead atoms. The maximum Gasteiger partial charge on any atom is 0.386 e. The predicted octanol–water partition coefficient (Wildman–Crippen LogP) is 3.46. The fourth-order valence-electron chi connectivity index (χ4n) is 0.800. The lowest BCUT2D eigenvalue weighted by molar-refractivity contribution is 0.0655. The van der Waals surface area contributed by atoms with Crippen molar-refractivity contribution in [3.05, 3.63) is 0 Å². The first-order valence-corrected chi connectivity index (χ1v) is 13.2. The molecule has 0 saturated carbocycles. The van der Waals surface area contributed by atoms with E-state index in [2.05, 4.69) is 50.3 Å². The van der Waals surface area contributed by atoms with Crippen molar-refractivity contribution in [2.45, 2.75) is 6.10 Å². The van der Waals surface area contributed by atoms with Crippen molar-refractivity contribution in [2.24, 2.45) is 0 Å². The lowest BCUT2D eigenvalue weighted by Gasteiger charge is -2.22. The lowest BCUT2D eigenvalue weighted by atomic mass is 10.4. The Hall–Kier alpha value is 1.50. The van der Waals surface area contributed by atoms with E-state index in [1.807, 2.05) is 0 Å². The number of rotatable bonds is 11. The van der Waals surface area contributed by atoms with Crippen LogP contribution in [0.4, 0.5) is 0 Å². The largest absolute Gasteiger partial charge is 0.386 e. The Morgan fingerprint density at radius 2 is 1.10 bits per heavy atom.